The number of unbranched alkanes of at least 4 members (excludes halogenated alkanes) is 1. The lowest BCUT2D eigenvalue weighted by molar-refractivity contribution is 0.249. The van der Waals surface area contributed by atoms with Gasteiger partial charge in [-0.2, -0.15) is 0 Å². The number of benzene rings is 3. The molecule has 212 valence electrons. The molecule has 0 fully saturated rings. The third kappa shape index (κ3) is 8.61. The van der Waals surface area contributed by atoms with Gasteiger partial charge in [-0.25, -0.2) is 4.98 Å². The quantitative estimate of drug-likeness (QED) is 0.129. The molecule has 1 aromatic heterocycles. The van der Waals surface area contributed by atoms with Crippen LogP contribution in [0.4, 0.5) is 0 Å². The highest BCUT2D eigenvalue weighted by molar-refractivity contribution is 6.30. The van der Waals surface area contributed by atoms with Gasteiger partial charge in [0, 0.05) is 41.9 Å². The lowest BCUT2D eigenvalue weighted by atomic mass is 10.1. The van der Waals surface area contributed by atoms with Gasteiger partial charge in [-0.05, 0) is 92.2 Å². The number of hydrogen-bond donors (Lipinski definition) is 0. The normalized spacial score (nSPS) is 11.2. The van der Waals surface area contributed by atoms with Crippen LogP contribution in [-0.2, 0) is 12.8 Å². The van der Waals surface area contributed by atoms with Crippen molar-refractivity contribution in [3.8, 4) is 28.4 Å². The third-order valence-electron chi connectivity index (χ3n) is 7.15. The van der Waals surface area contributed by atoms with Crippen LogP contribution in [0.25, 0.3) is 16.9 Å². The fraction of sp³-hybridized carbons (Fsp3) is 0.382. The van der Waals surface area contributed by atoms with Crippen molar-refractivity contribution in [2.75, 3.05) is 32.8 Å². The number of hydrogen-bond acceptors (Lipinski definition) is 4. The van der Waals surface area contributed by atoms with Gasteiger partial charge in [0.1, 0.15) is 17.3 Å². The summed E-state index contributed by atoms with van der Waals surface area (Å²) in [5.74, 6) is 2.84. The van der Waals surface area contributed by atoms with E-state index in [1.54, 1.807) is 0 Å². The minimum absolute atomic E-state index is 0.617. The van der Waals surface area contributed by atoms with Crippen molar-refractivity contribution in [1.29, 1.82) is 0 Å². The van der Waals surface area contributed by atoms with Gasteiger partial charge in [0.25, 0.3) is 0 Å². The summed E-state index contributed by atoms with van der Waals surface area (Å²) in [6.45, 7) is 11.2. The molecule has 0 saturated heterocycles. The van der Waals surface area contributed by atoms with E-state index in [2.05, 4.69) is 72.8 Å². The van der Waals surface area contributed by atoms with E-state index < -0.39 is 0 Å². The molecule has 0 saturated carbocycles. The lowest BCUT2D eigenvalue weighted by Crippen LogP contribution is -2.25. The molecule has 4 aromatic rings. The SMILES string of the molecule is CCCCc1nc(-c2ccc(OCCc3ccc(Cl)cc3)cc2)cn1-c1ccc(OCCCN(CC)CC)cc1. The van der Waals surface area contributed by atoms with Gasteiger partial charge in [0.15, 0.2) is 0 Å². The summed E-state index contributed by atoms with van der Waals surface area (Å²) in [7, 11) is 0. The van der Waals surface area contributed by atoms with Crippen LogP contribution < -0.4 is 9.47 Å². The zero-order valence-electron chi connectivity index (χ0n) is 24.1. The summed E-state index contributed by atoms with van der Waals surface area (Å²) in [6, 6.07) is 24.5. The molecule has 40 heavy (non-hydrogen) atoms. The third-order valence-corrected chi connectivity index (χ3v) is 7.40. The first-order chi connectivity index (χ1) is 19.6. The minimum Gasteiger partial charge on any atom is -0.494 e. The highest BCUT2D eigenvalue weighted by atomic mass is 35.5. The highest BCUT2D eigenvalue weighted by Gasteiger charge is 2.12. The molecule has 4 rings (SSSR count). The van der Waals surface area contributed by atoms with Crippen LogP contribution >= 0.6 is 11.6 Å². The lowest BCUT2D eigenvalue weighted by Gasteiger charge is -2.17. The first-order valence-electron chi connectivity index (χ1n) is 14.6. The molecule has 0 unspecified atom stereocenters. The Morgan fingerprint density at radius 3 is 2.05 bits per heavy atom. The van der Waals surface area contributed by atoms with Crippen molar-refractivity contribution in [3.63, 3.8) is 0 Å². The summed E-state index contributed by atoms with van der Waals surface area (Å²) in [6.07, 6.45) is 7.17. The number of aromatic nitrogens is 2. The largest absolute Gasteiger partial charge is 0.494 e. The van der Waals surface area contributed by atoms with Gasteiger partial charge in [-0.15, -0.1) is 0 Å². The molecular weight excluding hydrogens is 518 g/mol. The molecule has 0 bridgehead atoms. The Balaban J connectivity index is 1.38. The topological polar surface area (TPSA) is 39.5 Å². The Labute approximate surface area is 244 Å². The molecule has 1 heterocycles. The van der Waals surface area contributed by atoms with Crippen LogP contribution in [0, 0.1) is 0 Å². The van der Waals surface area contributed by atoms with Gasteiger partial charge in [-0.1, -0.05) is 50.9 Å². The van der Waals surface area contributed by atoms with Crippen molar-refractivity contribution in [2.24, 2.45) is 0 Å². The first-order valence-corrected chi connectivity index (χ1v) is 15.0. The van der Waals surface area contributed by atoms with Crippen molar-refractivity contribution >= 4 is 11.6 Å². The van der Waals surface area contributed by atoms with Gasteiger partial charge < -0.3 is 18.9 Å². The molecule has 0 radical (unpaired) electrons. The van der Waals surface area contributed by atoms with Crippen LogP contribution in [-0.4, -0.2) is 47.3 Å². The van der Waals surface area contributed by atoms with Gasteiger partial charge in [-0.3, -0.25) is 0 Å². The smallest absolute Gasteiger partial charge is 0.119 e. The molecule has 0 amide bonds. The molecule has 0 aliphatic rings. The standard InChI is InChI=1S/C34H42ClN3O2/c1-4-7-9-34-36-33(28-12-18-31(19-13-28)40-25-22-27-10-14-29(35)15-11-27)26-38(34)30-16-20-32(21-17-30)39-24-8-23-37(5-2)6-3/h10-21,26H,4-9,22-25H2,1-3H3. The second-order valence-corrected chi connectivity index (χ2v) is 10.4. The molecule has 6 heteroatoms. The predicted molar refractivity (Wildman–Crippen MR) is 166 cm³/mol. The van der Waals surface area contributed by atoms with E-state index in [0.717, 1.165) is 97.6 Å². The van der Waals surface area contributed by atoms with Crippen molar-refractivity contribution in [2.45, 2.75) is 52.9 Å². The molecule has 3 aromatic carbocycles. The monoisotopic (exact) mass is 559 g/mol. The number of nitrogens with zero attached hydrogens (tertiary/aromatic N) is 3. The van der Waals surface area contributed by atoms with Crippen molar-refractivity contribution in [3.05, 3.63) is 95.4 Å². The minimum atomic E-state index is 0.617. The maximum absolute atomic E-state index is 6.01. The highest BCUT2D eigenvalue weighted by Crippen LogP contribution is 2.26. The number of ether oxygens (including phenoxy) is 2. The second kappa shape index (κ2) is 15.5. The molecule has 0 aliphatic carbocycles. The van der Waals surface area contributed by atoms with Gasteiger partial charge in [0.05, 0.1) is 18.9 Å². The summed E-state index contributed by atoms with van der Waals surface area (Å²) < 4.78 is 14.2. The fourth-order valence-corrected chi connectivity index (χ4v) is 4.80. The Bertz CT molecular complexity index is 1280. The average Bonchev–Trinajstić information content (AvgIpc) is 3.42. The van der Waals surface area contributed by atoms with E-state index in [0.29, 0.717) is 6.61 Å². The van der Waals surface area contributed by atoms with Crippen LogP contribution in [0.3, 0.4) is 0 Å². The van der Waals surface area contributed by atoms with E-state index in [1.807, 2.05) is 36.4 Å². The maximum Gasteiger partial charge on any atom is 0.119 e. The molecule has 5 nitrogen and oxygen atoms in total. The van der Waals surface area contributed by atoms with Crippen LogP contribution in [0.2, 0.25) is 5.02 Å². The Hall–Kier alpha value is -3.28. The fourth-order valence-electron chi connectivity index (χ4n) is 4.67. The molecule has 0 aliphatic heterocycles. The zero-order valence-corrected chi connectivity index (χ0v) is 24.9. The maximum atomic E-state index is 6.01. The van der Waals surface area contributed by atoms with Gasteiger partial charge >= 0.3 is 0 Å². The zero-order chi connectivity index (χ0) is 28.2. The van der Waals surface area contributed by atoms with Gasteiger partial charge in [0.2, 0.25) is 0 Å². The molecule has 0 atom stereocenters. The second-order valence-electron chi connectivity index (χ2n) is 9.99. The number of aryl methyl sites for hydroxylation is 1. The van der Waals surface area contributed by atoms with E-state index in [9.17, 15) is 0 Å². The van der Waals surface area contributed by atoms with Crippen LogP contribution in [0.5, 0.6) is 11.5 Å². The van der Waals surface area contributed by atoms with E-state index in [4.69, 9.17) is 26.1 Å². The summed E-state index contributed by atoms with van der Waals surface area (Å²) >= 11 is 5.98. The molecule has 0 N–H and O–H groups in total. The van der Waals surface area contributed by atoms with Crippen molar-refractivity contribution in [1.82, 2.24) is 14.5 Å². The summed E-state index contributed by atoms with van der Waals surface area (Å²) in [5, 5.41) is 0.753. The molecular formula is C34H42ClN3O2. The van der Waals surface area contributed by atoms with Crippen LogP contribution in [0.15, 0.2) is 79.0 Å². The average molecular weight is 560 g/mol. The van der Waals surface area contributed by atoms with E-state index >= 15 is 0 Å². The number of halogens is 1. The summed E-state index contributed by atoms with van der Waals surface area (Å²) in [4.78, 5) is 7.45. The number of imidazole rings is 1. The van der Waals surface area contributed by atoms with E-state index in [1.165, 1.54) is 5.56 Å². The number of rotatable bonds is 16. The first kappa shape index (κ1) is 29.7. The van der Waals surface area contributed by atoms with Crippen LogP contribution in [0.1, 0.15) is 51.4 Å². The Morgan fingerprint density at radius 1 is 0.750 bits per heavy atom. The Kier molecular flexibility index (Phi) is 11.5. The summed E-state index contributed by atoms with van der Waals surface area (Å²) in [5.41, 5.74) is 4.36. The molecule has 0 spiro atoms. The van der Waals surface area contributed by atoms with Crippen molar-refractivity contribution < 1.29 is 9.47 Å². The predicted octanol–water partition coefficient (Wildman–Crippen LogP) is 8.27. The van der Waals surface area contributed by atoms with E-state index in [-0.39, 0.29) is 0 Å². The Morgan fingerprint density at radius 2 is 1.40 bits per heavy atom.